The highest BCUT2D eigenvalue weighted by molar-refractivity contribution is 5.88. The van der Waals surface area contributed by atoms with Gasteiger partial charge in [0.05, 0.1) is 26.1 Å². The van der Waals surface area contributed by atoms with Crippen molar-refractivity contribution in [1.82, 2.24) is 35.5 Å². The average Bonchev–Trinajstić information content (AvgIpc) is 3.58. The molecule has 1 fully saturated rings. The van der Waals surface area contributed by atoms with Crippen LogP contribution in [0.2, 0.25) is 0 Å². The van der Waals surface area contributed by atoms with Gasteiger partial charge in [-0.1, -0.05) is 18.6 Å². The molecule has 3 heterocycles. The Bertz CT molecular complexity index is 1450. The van der Waals surface area contributed by atoms with E-state index in [0.29, 0.717) is 35.7 Å². The number of anilines is 1. The second kappa shape index (κ2) is 15.6. The minimum Gasteiger partial charge on any atom is -0.497 e. The van der Waals surface area contributed by atoms with Crippen LogP contribution >= 0.6 is 0 Å². The van der Waals surface area contributed by atoms with Crippen molar-refractivity contribution < 1.29 is 34.1 Å². The molecule has 0 spiro atoms. The van der Waals surface area contributed by atoms with Crippen molar-refractivity contribution in [3.63, 3.8) is 0 Å². The van der Waals surface area contributed by atoms with Crippen LogP contribution in [0.25, 0.3) is 11.2 Å². The molecule has 0 bridgehead atoms. The number of ether oxygens (including phenoxy) is 2. The lowest BCUT2D eigenvalue weighted by Crippen LogP contribution is -2.55. The molecule has 2 aromatic heterocycles. The van der Waals surface area contributed by atoms with Gasteiger partial charge in [0, 0.05) is 40.4 Å². The second-order valence-corrected chi connectivity index (χ2v) is 11.2. The van der Waals surface area contributed by atoms with Gasteiger partial charge in [-0.05, 0) is 30.5 Å². The lowest BCUT2D eigenvalue weighted by atomic mass is 10.0. The van der Waals surface area contributed by atoms with E-state index < -0.39 is 43.0 Å². The Balaban J connectivity index is 1.47. The number of imidazole rings is 1. The number of carbonyl (C=O) groups excluding carboxylic acids is 3. The quantitative estimate of drug-likeness (QED) is 0.143. The molecule has 5 unspecified atom stereocenters. The van der Waals surface area contributed by atoms with Crippen molar-refractivity contribution in [1.29, 1.82) is 0 Å². The molecule has 1 aliphatic heterocycles. The molecule has 5 atom stereocenters. The third-order valence-electron chi connectivity index (χ3n) is 7.61. The van der Waals surface area contributed by atoms with Crippen LogP contribution in [0.3, 0.4) is 0 Å². The fourth-order valence-corrected chi connectivity index (χ4v) is 5.25. The van der Waals surface area contributed by atoms with E-state index in [2.05, 4.69) is 30.9 Å². The maximum absolute atomic E-state index is 13.7. The molecule has 0 saturated carbocycles. The number of benzene rings is 1. The Morgan fingerprint density at radius 2 is 1.87 bits per heavy atom. The monoisotopic (exact) mass is 626 g/mol. The molecule has 15 heteroatoms. The number of hydrogen-bond donors (Lipinski definition) is 5. The first kappa shape index (κ1) is 33.6. The predicted molar refractivity (Wildman–Crippen MR) is 164 cm³/mol. The molecule has 3 amide bonds. The lowest BCUT2D eigenvalue weighted by Gasteiger charge is -2.25. The highest BCUT2D eigenvalue weighted by Gasteiger charge is 2.46. The third kappa shape index (κ3) is 8.44. The van der Waals surface area contributed by atoms with Crippen LogP contribution in [-0.2, 0) is 25.5 Å². The molecule has 0 aliphatic carbocycles. The van der Waals surface area contributed by atoms with Crippen LogP contribution in [0.15, 0.2) is 36.9 Å². The minimum absolute atomic E-state index is 0.0986. The van der Waals surface area contributed by atoms with Gasteiger partial charge in [0.2, 0.25) is 17.7 Å². The van der Waals surface area contributed by atoms with Crippen molar-refractivity contribution in [2.24, 2.45) is 0 Å². The number of amides is 3. The molecule has 15 nitrogen and oxygen atoms in total. The maximum atomic E-state index is 13.7. The van der Waals surface area contributed by atoms with Gasteiger partial charge in [-0.15, -0.1) is 0 Å². The normalized spacial score (nSPS) is 20.0. The van der Waals surface area contributed by atoms with E-state index in [0.717, 1.165) is 18.4 Å². The molecule has 244 valence electrons. The fraction of sp³-hybridized carbons (Fsp3) is 0.533. The number of aromatic nitrogens is 4. The zero-order valence-electron chi connectivity index (χ0n) is 26.0. The molecule has 5 N–H and O–H groups in total. The molecule has 1 saturated heterocycles. The van der Waals surface area contributed by atoms with Gasteiger partial charge in [0.1, 0.15) is 30.3 Å². The Hall–Kier alpha value is -4.34. The van der Waals surface area contributed by atoms with Crippen LogP contribution in [0, 0.1) is 0 Å². The number of rotatable bonds is 15. The Kier molecular flexibility index (Phi) is 11.6. The van der Waals surface area contributed by atoms with Crippen molar-refractivity contribution in [2.75, 3.05) is 39.3 Å². The van der Waals surface area contributed by atoms with E-state index >= 15 is 0 Å². The van der Waals surface area contributed by atoms with Gasteiger partial charge < -0.3 is 40.5 Å². The van der Waals surface area contributed by atoms with Crippen molar-refractivity contribution in [3.05, 3.63) is 42.5 Å². The molecule has 4 rings (SSSR count). The van der Waals surface area contributed by atoms with E-state index in [-0.39, 0.29) is 24.7 Å². The molecule has 45 heavy (non-hydrogen) atoms. The molecular formula is C30H42N8O7. The number of nitrogens with zero attached hydrogens (tertiary/aromatic N) is 5. The zero-order valence-corrected chi connectivity index (χ0v) is 26.0. The Morgan fingerprint density at radius 3 is 2.53 bits per heavy atom. The fourth-order valence-electron chi connectivity index (χ4n) is 5.25. The lowest BCUT2D eigenvalue weighted by molar-refractivity contribution is -0.130. The molecule has 3 aromatic rings. The third-order valence-corrected chi connectivity index (χ3v) is 7.61. The van der Waals surface area contributed by atoms with Crippen molar-refractivity contribution in [2.45, 2.75) is 69.5 Å². The predicted octanol–water partition coefficient (Wildman–Crippen LogP) is 0.0603. The number of hydrogen-bond acceptors (Lipinski definition) is 11. The second-order valence-electron chi connectivity index (χ2n) is 11.2. The first-order valence-corrected chi connectivity index (χ1v) is 14.9. The first-order valence-electron chi connectivity index (χ1n) is 14.9. The van der Waals surface area contributed by atoms with Crippen LogP contribution < -0.4 is 25.6 Å². The summed E-state index contributed by atoms with van der Waals surface area (Å²) in [6.45, 7) is 1.52. The van der Waals surface area contributed by atoms with Gasteiger partial charge in [-0.3, -0.25) is 19.0 Å². The summed E-state index contributed by atoms with van der Waals surface area (Å²) in [7, 11) is 5.21. The van der Waals surface area contributed by atoms with Crippen molar-refractivity contribution in [3.8, 4) is 5.75 Å². The van der Waals surface area contributed by atoms with Crippen LogP contribution in [0.4, 0.5) is 5.82 Å². The molecular weight excluding hydrogens is 584 g/mol. The first-order chi connectivity index (χ1) is 21.6. The van der Waals surface area contributed by atoms with E-state index in [1.54, 1.807) is 40.8 Å². The van der Waals surface area contributed by atoms with E-state index in [4.69, 9.17) is 9.47 Å². The van der Waals surface area contributed by atoms with E-state index in [9.17, 15) is 24.6 Å². The molecule has 0 radical (unpaired) electrons. The maximum Gasteiger partial charge on any atom is 0.243 e. The van der Waals surface area contributed by atoms with Gasteiger partial charge in [-0.25, -0.2) is 15.0 Å². The van der Waals surface area contributed by atoms with Crippen LogP contribution in [0.5, 0.6) is 5.75 Å². The van der Waals surface area contributed by atoms with Gasteiger partial charge in [0.25, 0.3) is 0 Å². The van der Waals surface area contributed by atoms with Crippen molar-refractivity contribution >= 4 is 34.7 Å². The topological polar surface area (TPSA) is 193 Å². The standard InChI is InChI=1S/C30H42N8O7/c1-18(40)31-13-7-5-6-8-23(41)35-21(14-19-9-11-20(44-4)12-10-19)29(43)36-24-22(15-39)45-30(26(24)42)38-17-34-25-27(37(2)3)32-16-33-28(25)38/h9-12,16-17,21-22,24,26,30,39,42H,5-8,13-15H2,1-4H3,(H,31,40)(H,35,41)(H,36,43). The number of aliphatic hydroxyl groups excluding tert-OH is 2. The van der Waals surface area contributed by atoms with Gasteiger partial charge in [0.15, 0.2) is 23.2 Å². The zero-order chi connectivity index (χ0) is 32.5. The Morgan fingerprint density at radius 1 is 1.11 bits per heavy atom. The number of aliphatic hydroxyl groups is 2. The Labute approximate surface area is 261 Å². The number of unbranched alkanes of at least 4 members (excludes halogenated alkanes) is 2. The largest absolute Gasteiger partial charge is 0.497 e. The smallest absolute Gasteiger partial charge is 0.243 e. The number of carbonyl (C=O) groups is 3. The summed E-state index contributed by atoms with van der Waals surface area (Å²) in [5.74, 6) is 0.299. The molecule has 1 aromatic carbocycles. The SMILES string of the molecule is COc1ccc(CC(NC(=O)CCCCCNC(C)=O)C(=O)NC2C(CO)OC(n3cnc4c(N(C)C)ncnc43)C2O)cc1. The summed E-state index contributed by atoms with van der Waals surface area (Å²) < 4.78 is 12.8. The summed E-state index contributed by atoms with van der Waals surface area (Å²) in [5, 5.41) is 29.9. The van der Waals surface area contributed by atoms with Crippen LogP contribution in [-0.4, -0.2) is 106 Å². The number of fused-ring (bicyclic) bond motifs is 1. The summed E-state index contributed by atoms with van der Waals surface area (Å²) in [6, 6.07) is 5.18. The summed E-state index contributed by atoms with van der Waals surface area (Å²) in [6.07, 6.45) is 2.07. The summed E-state index contributed by atoms with van der Waals surface area (Å²) in [5.41, 5.74) is 1.71. The summed E-state index contributed by atoms with van der Waals surface area (Å²) in [4.78, 5) is 52.4. The van der Waals surface area contributed by atoms with E-state index in [1.165, 1.54) is 19.6 Å². The minimum atomic E-state index is -1.28. The highest BCUT2D eigenvalue weighted by atomic mass is 16.5. The number of methoxy groups -OCH3 is 1. The average molecular weight is 627 g/mol. The van der Waals surface area contributed by atoms with Gasteiger partial charge >= 0.3 is 0 Å². The van der Waals surface area contributed by atoms with E-state index in [1.807, 2.05) is 14.1 Å². The number of nitrogens with one attached hydrogen (secondary N) is 3. The van der Waals surface area contributed by atoms with Crippen LogP contribution in [0.1, 0.15) is 44.4 Å². The molecule has 1 aliphatic rings. The summed E-state index contributed by atoms with van der Waals surface area (Å²) >= 11 is 0. The highest BCUT2D eigenvalue weighted by Crippen LogP contribution is 2.32. The van der Waals surface area contributed by atoms with Gasteiger partial charge in [-0.2, -0.15) is 0 Å².